The first-order chi connectivity index (χ1) is 21.9. The minimum absolute atomic E-state index is 0.0831. The van der Waals surface area contributed by atoms with Crippen molar-refractivity contribution in [2.75, 3.05) is 18.5 Å². The van der Waals surface area contributed by atoms with Gasteiger partial charge < -0.3 is 19.5 Å². The van der Waals surface area contributed by atoms with Crippen molar-refractivity contribution in [3.63, 3.8) is 0 Å². The van der Waals surface area contributed by atoms with E-state index in [4.69, 9.17) is 35.9 Å². The Labute approximate surface area is 283 Å². The number of rotatable bonds is 14. The van der Waals surface area contributed by atoms with E-state index in [1.807, 2.05) is 50.2 Å². The lowest BCUT2D eigenvalue weighted by atomic mass is 9.94. The van der Waals surface area contributed by atoms with Gasteiger partial charge in [-0.1, -0.05) is 74.2 Å². The number of halogens is 2. The molecule has 2 heterocycles. The van der Waals surface area contributed by atoms with Crippen LogP contribution in [0.2, 0.25) is 5.02 Å². The van der Waals surface area contributed by atoms with Crippen molar-refractivity contribution >= 4 is 51.2 Å². The summed E-state index contributed by atoms with van der Waals surface area (Å²) < 4.78 is 21.0. The number of thioether (sulfide) groups is 1. The quantitative estimate of drug-likeness (QED) is 0.100. The number of allylic oxidation sites excluding steroid dienone is 1. The van der Waals surface area contributed by atoms with Gasteiger partial charge in [-0.15, -0.1) is 5.10 Å². The first kappa shape index (κ1) is 33.7. The summed E-state index contributed by atoms with van der Waals surface area (Å²) in [5.41, 5.74) is 3.01. The number of benzene rings is 2. The van der Waals surface area contributed by atoms with Gasteiger partial charge in [0.1, 0.15) is 12.1 Å². The molecular formula is C34H42BrClN4O4S. The number of carbonyl (C=O) groups is 1. The molecule has 3 aromatic rings. The van der Waals surface area contributed by atoms with E-state index in [9.17, 15) is 4.79 Å². The summed E-state index contributed by atoms with van der Waals surface area (Å²) in [6.07, 6.45) is 9.45. The fraction of sp³-hybridized carbons (Fsp3) is 0.500. The Bertz CT molecular complexity index is 1510. The van der Waals surface area contributed by atoms with Gasteiger partial charge in [0, 0.05) is 16.5 Å². The summed E-state index contributed by atoms with van der Waals surface area (Å²) >= 11 is 11.7. The molecule has 8 nitrogen and oxygen atoms in total. The molecular weight excluding hydrogens is 676 g/mol. The van der Waals surface area contributed by atoms with Gasteiger partial charge in [0.05, 0.1) is 23.3 Å². The predicted molar refractivity (Wildman–Crippen MR) is 183 cm³/mol. The van der Waals surface area contributed by atoms with Gasteiger partial charge in [0.25, 0.3) is 0 Å². The van der Waals surface area contributed by atoms with Gasteiger partial charge in [-0.05, 0) is 91.2 Å². The molecule has 2 aliphatic rings. The van der Waals surface area contributed by atoms with Crippen molar-refractivity contribution in [1.82, 2.24) is 14.8 Å². The Morgan fingerprint density at radius 2 is 1.91 bits per heavy atom. The maximum absolute atomic E-state index is 13.9. The zero-order valence-corrected chi connectivity index (χ0v) is 29.4. The highest BCUT2D eigenvalue weighted by molar-refractivity contribution is 9.10. The van der Waals surface area contributed by atoms with E-state index in [1.165, 1.54) is 31.0 Å². The van der Waals surface area contributed by atoms with Crippen molar-refractivity contribution in [3.8, 4) is 11.5 Å². The number of hydrogen-bond acceptors (Lipinski definition) is 8. The van der Waals surface area contributed by atoms with Gasteiger partial charge in [-0.3, -0.25) is 0 Å². The molecule has 1 saturated carbocycles. The summed E-state index contributed by atoms with van der Waals surface area (Å²) in [5.74, 6) is 2.10. The maximum atomic E-state index is 13.9. The molecule has 1 aliphatic carbocycles. The van der Waals surface area contributed by atoms with Crippen LogP contribution in [-0.2, 0) is 15.3 Å². The molecule has 0 bridgehead atoms. The van der Waals surface area contributed by atoms with Crippen LogP contribution in [0.4, 0.5) is 5.95 Å². The number of fused-ring (bicyclic) bond motifs is 1. The number of anilines is 1. The van der Waals surface area contributed by atoms with E-state index in [0.29, 0.717) is 57.9 Å². The first-order valence-corrected chi connectivity index (χ1v) is 18.2. The van der Waals surface area contributed by atoms with Gasteiger partial charge in [0.2, 0.25) is 11.1 Å². The first-order valence-electron chi connectivity index (χ1n) is 16.0. The fourth-order valence-corrected chi connectivity index (χ4v) is 7.46. The van der Waals surface area contributed by atoms with Crippen LogP contribution >= 0.6 is 39.3 Å². The summed E-state index contributed by atoms with van der Waals surface area (Å²) in [7, 11) is 0. The van der Waals surface area contributed by atoms with E-state index in [0.717, 1.165) is 54.1 Å². The van der Waals surface area contributed by atoms with Crippen molar-refractivity contribution < 1.29 is 19.0 Å². The lowest BCUT2D eigenvalue weighted by Gasteiger charge is -2.30. The standard InChI is InChI=1S/C34H42BrClN4O4S/c1-4-6-7-13-18-43-31-26(35)19-24(20-28(31)42-5-2)30-29(32(41)44-25-15-9-8-10-16-25)22(3)37-33-38-34(39-40(30)33)45-21-23-14-11-12-17-27(23)36/h11-12,14,17,19-20,25,30H,4-10,13,15-16,18,21H2,1-3H3,(H,37,38,39). The molecule has 1 aliphatic heterocycles. The topological polar surface area (TPSA) is 87.5 Å². The van der Waals surface area contributed by atoms with E-state index < -0.39 is 6.04 Å². The van der Waals surface area contributed by atoms with E-state index in [-0.39, 0.29) is 12.1 Å². The number of carbonyl (C=O) groups excluding carboxylic acids is 1. The number of ether oxygens (including phenoxy) is 3. The molecule has 0 saturated heterocycles. The summed E-state index contributed by atoms with van der Waals surface area (Å²) in [6.45, 7) is 7.11. The van der Waals surface area contributed by atoms with E-state index in [2.05, 4.69) is 28.2 Å². The summed E-state index contributed by atoms with van der Waals surface area (Å²) in [5, 5.41) is 9.52. The second-order valence-electron chi connectivity index (χ2n) is 11.4. The minimum Gasteiger partial charge on any atom is -0.490 e. The number of aromatic nitrogens is 3. The molecule has 2 aromatic carbocycles. The van der Waals surface area contributed by atoms with Crippen LogP contribution in [-0.4, -0.2) is 40.1 Å². The molecule has 1 aromatic heterocycles. The van der Waals surface area contributed by atoms with Crippen molar-refractivity contribution in [2.24, 2.45) is 0 Å². The third-order valence-corrected chi connectivity index (χ3v) is 9.93. The number of hydrogen-bond donors (Lipinski definition) is 1. The average molecular weight is 718 g/mol. The molecule has 45 heavy (non-hydrogen) atoms. The second-order valence-corrected chi connectivity index (χ2v) is 13.7. The highest BCUT2D eigenvalue weighted by Crippen LogP contribution is 2.44. The van der Waals surface area contributed by atoms with Crippen LogP contribution in [0.15, 0.2) is 57.3 Å². The number of unbranched alkanes of at least 4 members (excludes halogenated alkanes) is 3. The van der Waals surface area contributed by atoms with Gasteiger partial charge in [-0.25, -0.2) is 9.48 Å². The van der Waals surface area contributed by atoms with Crippen LogP contribution in [0.25, 0.3) is 0 Å². The van der Waals surface area contributed by atoms with E-state index in [1.54, 1.807) is 4.68 Å². The highest BCUT2D eigenvalue weighted by atomic mass is 79.9. The SMILES string of the molecule is CCCCCCOc1c(Br)cc(C2C(C(=O)OC3CCCCC3)=C(C)Nc3nc(SCc4ccccc4Cl)nn32)cc1OCC. The lowest BCUT2D eigenvalue weighted by molar-refractivity contribution is -0.146. The molecule has 242 valence electrons. The Morgan fingerprint density at radius 3 is 2.67 bits per heavy atom. The van der Waals surface area contributed by atoms with Crippen LogP contribution in [0.5, 0.6) is 11.5 Å². The van der Waals surface area contributed by atoms with Gasteiger partial charge in [0.15, 0.2) is 11.5 Å². The maximum Gasteiger partial charge on any atom is 0.338 e. The average Bonchev–Trinajstić information content (AvgIpc) is 3.43. The van der Waals surface area contributed by atoms with Crippen LogP contribution in [0, 0.1) is 0 Å². The molecule has 1 atom stereocenters. The van der Waals surface area contributed by atoms with Crippen LogP contribution in [0.3, 0.4) is 0 Å². The predicted octanol–water partition coefficient (Wildman–Crippen LogP) is 9.51. The zero-order valence-electron chi connectivity index (χ0n) is 26.2. The van der Waals surface area contributed by atoms with Gasteiger partial charge in [-0.2, -0.15) is 4.98 Å². The van der Waals surface area contributed by atoms with Crippen molar-refractivity contribution in [2.45, 2.75) is 102 Å². The second kappa shape index (κ2) is 16.2. The molecule has 1 unspecified atom stereocenters. The smallest absolute Gasteiger partial charge is 0.338 e. The molecule has 1 N–H and O–H groups in total. The Morgan fingerprint density at radius 1 is 1.11 bits per heavy atom. The molecule has 1 fully saturated rings. The van der Waals surface area contributed by atoms with Crippen molar-refractivity contribution in [1.29, 1.82) is 0 Å². The molecule has 0 amide bonds. The number of esters is 1. The largest absolute Gasteiger partial charge is 0.490 e. The van der Waals surface area contributed by atoms with Crippen LogP contribution in [0.1, 0.15) is 95.7 Å². The molecule has 5 rings (SSSR count). The molecule has 0 radical (unpaired) electrons. The monoisotopic (exact) mass is 716 g/mol. The highest BCUT2D eigenvalue weighted by Gasteiger charge is 2.37. The lowest BCUT2D eigenvalue weighted by Crippen LogP contribution is -2.32. The Hall–Kier alpha value is -2.69. The van der Waals surface area contributed by atoms with Crippen LogP contribution < -0.4 is 14.8 Å². The third-order valence-electron chi connectivity index (χ3n) is 8.09. The van der Waals surface area contributed by atoms with Gasteiger partial charge >= 0.3 is 5.97 Å². The zero-order chi connectivity index (χ0) is 31.8. The number of nitrogens with one attached hydrogen (secondary N) is 1. The van der Waals surface area contributed by atoms with Crippen molar-refractivity contribution in [3.05, 3.63) is 68.3 Å². The Balaban J connectivity index is 1.50. The fourth-order valence-electron chi connectivity index (χ4n) is 5.77. The Kier molecular flexibility index (Phi) is 12.1. The number of nitrogens with zero attached hydrogens (tertiary/aromatic N) is 3. The minimum atomic E-state index is -0.589. The molecule has 11 heteroatoms. The van der Waals surface area contributed by atoms with E-state index >= 15 is 0 Å². The summed E-state index contributed by atoms with van der Waals surface area (Å²) in [4.78, 5) is 18.7. The molecule has 0 spiro atoms. The normalized spacial score (nSPS) is 16.7. The third kappa shape index (κ3) is 8.37. The summed E-state index contributed by atoms with van der Waals surface area (Å²) in [6, 6.07) is 11.1.